The highest BCUT2D eigenvalue weighted by Gasteiger charge is 2.37. The fourth-order valence-electron chi connectivity index (χ4n) is 4.57. The molecule has 0 spiro atoms. The van der Waals surface area contributed by atoms with Crippen molar-refractivity contribution in [3.63, 3.8) is 0 Å². The van der Waals surface area contributed by atoms with E-state index in [4.69, 9.17) is 4.74 Å². The molecule has 0 unspecified atom stereocenters. The minimum Gasteiger partial charge on any atom is -0.384 e. The standard InChI is InChI=1S/C22H26F4N4O/c1-31-13-21(9-3-10-21)12-27-19-18(23)20(29-14-28-19)30-11-2-4-17(30)15-5-7-16(8-6-15)22(24,25)26/h5-8,14,17H,2-4,9-13H2,1H3,(H,27,28,29)/t17-/m1/s1. The number of nitrogens with zero attached hydrogens (tertiary/aromatic N) is 3. The average molecular weight is 438 g/mol. The van der Waals surface area contributed by atoms with Gasteiger partial charge in [0.2, 0.25) is 5.82 Å². The Morgan fingerprint density at radius 3 is 2.52 bits per heavy atom. The number of aromatic nitrogens is 2. The average Bonchev–Trinajstić information content (AvgIpc) is 3.20. The molecule has 9 heteroatoms. The lowest BCUT2D eigenvalue weighted by molar-refractivity contribution is -0.137. The van der Waals surface area contributed by atoms with E-state index in [9.17, 15) is 13.2 Å². The Kier molecular flexibility index (Phi) is 6.05. The third-order valence-corrected chi connectivity index (χ3v) is 6.41. The van der Waals surface area contributed by atoms with Gasteiger partial charge in [0.05, 0.1) is 18.2 Å². The van der Waals surface area contributed by atoms with Crippen molar-refractivity contribution >= 4 is 11.6 Å². The van der Waals surface area contributed by atoms with Crippen LogP contribution in [0.1, 0.15) is 49.3 Å². The molecule has 31 heavy (non-hydrogen) atoms. The Bertz CT molecular complexity index is 899. The lowest BCUT2D eigenvalue weighted by Crippen LogP contribution is -2.40. The molecular formula is C22H26F4N4O. The summed E-state index contributed by atoms with van der Waals surface area (Å²) in [5.41, 5.74) is 0.0240. The van der Waals surface area contributed by atoms with Crippen LogP contribution in [0.4, 0.5) is 29.2 Å². The van der Waals surface area contributed by atoms with Crippen LogP contribution in [0.5, 0.6) is 0 Å². The second kappa shape index (κ2) is 8.61. The van der Waals surface area contributed by atoms with Crippen molar-refractivity contribution in [1.29, 1.82) is 0 Å². The highest BCUT2D eigenvalue weighted by molar-refractivity contribution is 5.53. The van der Waals surface area contributed by atoms with E-state index < -0.39 is 17.6 Å². The first-order valence-electron chi connectivity index (χ1n) is 10.5. The smallest absolute Gasteiger partial charge is 0.384 e. The summed E-state index contributed by atoms with van der Waals surface area (Å²) >= 11 is 0. The van der Waals surface area contributed by atoms with Gasteiger partial charge in [-0.3, -0.25) is 0 Å². The first-order chi connectivity index (χ1) is 14.8. The Morgan fingerprint density at radius 2 is 1.90 bits per heavy atom. The van der Waals surface area contributed by atoms with Gasteiger partial charge in [-0.25, -0.2) is 9.97 Å². The third kappa shape index (κ3) is 4.46. The van der Waals surface area contributed by atoms with Gasteiger partial charge in [-0.15, -0.1) is 0 Å². The molecule has 1 saturated heterocycles. The number of rotatable bonds is 7. The number of alkyl halides is 3. The van der Waals surface area contributed by atoms with Crippen LogP contribution in [0.2, 0.25) is 0 Å². The van der Waals surface area contributed by atoms with Crippen LogP contribution in [0.25, 0.3) is 0 Å². The molecule has 4 rings (SSSR count). The first-order valence-corrected chi connectivity index (χ1v) is 10.5. The number of benzene rings is 1. The van der Waals surface area contributed by atoms with Crippen molar-refractivity contribution in [3.05, 3.63) is 47.5 Å². The van der Waals surface area contributed by atoms with E-state index in [-0.39, 0.29) is 23.1 Å². The van der Waals surface area contributed by atoms with Crippen LogP contribution in [-0.2, 0) is 10.9 Å². The Morgan fingerprint density at radius 1 is 1.16 bits per heavy atom. The summed E-state index contributed by atoms with van der Waals surface area (Å²) in [6.07, 6.45) is 1.64. The van der Waals surface area contributed by atoms with E-state index in [2.05, 4.69) is 15.3 Å². The van der Waals surface area contributed by atoms with E-state index in [0.29, 0.717) is 31.7 Å². The lowest BCUT2D eigenvalue weighted by Gasteiger charge is -2.41. The third-order valence-electron chi connectivity index (χ3n) is 6.41. The molecule has 1 aliphatic heterocycles. The number of hydrogen-bond acceptors (Lipinski definition) is 5. The number of hydrogen-bond donors (Lipinski definition) is 1. The van der Waals surface area contributed by atoms with Crippen LogP contribution in [0.3, 0.4) is 0 Å². The monoisotopic (exact) mass is 438 g/mol. The quantitative estimate of drug-likeness (QED) is 0.602. The molecule has 1 aliphatic carbocycles. The molecular weight excluding hydrogens is 412 g/mol. The summed E-state index contributed by atoms with van der Waals surface area (Å²) in [6, 6.07) is 4.85. The van der Waals surface area contributed by atoms with Crippen molar-refractivity contribution in [3.8, 4) is 0 Å². The van der Waals surface area contributed by atoms with E-state index in [1.165, 1.54) is 18.5 Å². The number of ether oxygens (including phenoxy) is 1. The Balaban J connectivity index is 1.52. The van der Waals surface area contributed by atoms with Crippen molar-refractivity contribution in [1.82, 2.24) is 9.97 Å². The largest absolute Gasteiger partial charge is 0.416 e. The maximum absolute atomic E-state index is 15.3. The second-order valence-electron chi connectivity index (χ2n) is 8.47. The lowest BCUT2D eigenvalue weighted by atomic mass is 9.69. The summed E-state index contributed by atoms with van der Waals surface area (Å²) < 4.78 is 59.3. The van der Waals surface area contributed by atoms with Crippen molar-refractivity contribution in [2.24, 2.45) is 5.41 Å². The van der Waals surface area contributed by atoms with Gasteiger partial charge < -0.3 is 15.0 Å². The molecule has 2 aromatic rings. The number of anilines is 2. The van der Waals surface area contributed by atoms with Crippen molar-refractivity contribution < 1.29 is 22.3 Å². The minimum atomic E-state index is -4.38. The van der Waals surface area contributed by atoms with Gasteiger partial charge in [0.1, 0.15) is 6.33 Å². The van der Waals surface area contributed by atoms with Crippen molar-refractivity contribution in [2.45, 2.75) is 44.3 Å². The van der Waals surface area contributed by atoms with Gasteiger partial charge in [-0.2, -0.15) is 17.6 Å². The zero-order chi connectivity index (χ0) is 22.1. The van der Waals surface area contributed by atoms with Gasteiger partial charge >= 0.3 is 6.18 Å². The summed E-state index contributed by atoms with van der Waals surface area (Å²) in [4.78, 5) is 10.1. The highest BCUT2D eigenvalue weighted by Crippen LogP contribution is 2.42. The predicted molar refractivity (Wildman–Crippen MR) is 109 cm³/mol. The maximum Gasteiger partial charge on any atom is 0.416 e. The molecule has 1 N–H and O–H groups in total. The first kappa shape index (κ1) is 21.8. The van der Waals surface area contributed by atoms with Gasteiger partial charge in [0.15, 0.2) is 11.6 Å². The van der Waals surface area contributed by atoms with Crippen LogP contribution in [0, 0.1) is 11.2 Å². The molecule has 0 bridgehead atoms. The Labute approximate surface area is 178 Å². The SMILES string of the molecule is COCC1(CNc2ncnc(N3CCC[C@@H]3c3ccc(C(F)(F)F)cc3)c2F)CCC1. The fraction of sp³-hybridized carbons (Fsp3) is 0.545. The molecule has 1 aromatic carbocycles. The molecule has 0 radical (unpaired) electrons. The van der Waals surface area contributed by atoms with E-state index in [1.54, 1.807) is 7.11 Å². The van der Waals surface area contributed by atoms with E-state index in [0.717, 1.165) is 37.8 Å². The molecule has 2 fully saturated rings. The number of nitrogens with one attached hydrogen (secondary N) is 1. The molecule has 168 valence electrons. The zero-order valence-corrected chi connectivity index (χ0v) is 17.4. The number of methoxy groups -OCH3 is 1. The summed E-state index contributed by atoms with van der Waals surface area (Å²) in [7, 11) is 1.66. The van der Waals surface area contributed by atoms with Crippen LogP contribution >= 0.6 is 0 Å². The molecule has 1 aromatic heterocycles. The molecule has 1 atom stereocenters. The van der Waals surface area contributed by atoms with Gasteiger partial charge in [0, 0.05) is 25.6 Å². The minimum absolute atomic E-state index is 0.00269. The van der Waals surface area contributed by atoms with E-state index >= 15 is 4.39 Å². The molecule has 5 nitrogen and oxygen atoms in total. The van der Waals surface area contributed by atoms with Gasteiger partial charge in [-0.05, 0) is 43.4 Å². The maximum atomic E-state index is 15.3. The zero-order valence-electron chi connectivity index (χ0n) is 17.4. The second-order valence-corrected chi connectivity index (χ2v) is 8.47. The van der Waals surface area contributed by atoms with Gasteiger partial charge in [-0.1, -0.05) is 18.6 Å². The summed E-state index contributed by atoms with van der Waals surface area (Å²) in [5, 5.41) is 3.13. The highest BCUT2D eigenvalue weighted by atomic mass is 19.4. The molecule has 2 aliphatic rings. The van der Waals surface area contributed by atoms with Crippen LogP contribution in [-0.4, -0.2) is 36.8 Å². The topological polar surface area (TPSA) is 50.3 Å². The fourth-order valence-corrected chi connectivity index (χ4v) is 4.57. The number of halogens is 4. The summed E-state index contributed by atoms with van der Waals surface area (Å²) in [5.74, 6) is -0.215. The van der Waals surface area contributed by atoms with Crippen LogP contribution in [0.15, 0.2) is 30.6 Å². The van der Waals surface area contributed by atoms with Crippen LogP contribution < -0.4 is 10.2 Å². The molecule has 0 amide bonds. The molecule has 2 heterocycles. The Hall–Kier alpha value is -2.42. The van der Waals surface area contributed by atoms with Gasteiger partial charge in [0.25, 0.3) is 0 Å². The summed E-state index contributed by atoms with van der Waals surface area (Å²) in [6.45, 7) is 1.75. The predicted octanol–water partition coefficient (Wildman–Crippen LogP) is 5.20. The normalized spacial score (nSPS) is 20.5. The van der Waals surface area contributed by atoms with Crippen molar-refractivity contribution in [2.75, 3.05) is 37.0 Å². The molecule has 1 saturated carbocycles. The van der Waals surface area contributed by atoms with E-state index in [1.807, 2.05) is 4.90 Å².